The van der Waals surface area contributed by atoms with Gasteiger partial charge in [-0.15, -0.1) is 0 Å². The average molecular weight is 315 g/mol. The van der Waals surface area contributed by atoms with E-state index >= 15 is 0 Å². The Hall–Kier alpha value is -1.71. The van der Waals surface area contributed by atoms with Crippen LogP contribution in [0.3, 0.4) is 0 Å². The van der Waals surface area contributed by atoms with Gasteiger partial charge in [0, 0.05) is 19.1 Å². The van der Waals surface area contributed by atoms with Gasteiger partial charge in [0.2, 0.25) is 10.0 Å². The topological polar surface area (TPSA) is 102 Å². The smallest absolute Gasteiger partial charge is 0.293 e. The van der Waals surface area contributed by atoms with E-state index in [-0.39, 0.29) is 16.7 Å². The molecule has 1 aliphatic heterocycles. The molecule has 1 aliphatic rings. The summed E-state index contributed by atoms with van der Waals surface area (Å²) in [6.07, 6.45) is 0.680. The van der Waals surface area contributed by atoms with Gasteiger partial charge in [0.15, 0.2) is 4.90 Å². The number of sulfonamides is 1. The average Bonchev–Trinajstić information content (AvgIpc) is 2.96. The van der Waals surface area contributed by atoms with E-state index in [2.05, 4.69) is 5.32 Å². The van der Waals surface area contributed by atoms with Crippen molar-refractivity contribution in [3.8, 4) is 5.75 Å². The molecule has 0 aliphatic carbocycles. The Bertz CT molecular complexity index is 646. The van der Waals surface area contributed by atoms with E-state index in [0.717, 1.165) is 6.07 Å². The molecule has 0 saturated carbocycles. The summed E-state index contributed by atoms with van der Waals surface area (Å²) >= 11 is 0. The molecule has 116 valence electrons. The molecule has 1 fully saturated rings. The van der Waals surface area contributed by atoms with Crippen LogP contribution in [0.15, 0.2) is 23.1 Å². The number of nitrogens with zero attached hydrogens (tertiary/aromatic N) is 2. The minimum Gasteiger partial charge on any atom is -0.497 e. The molecule has 1 N–H and O–H groups in total. The highest BCUT2D eigenvalue weighted by Crippen LogP contribution is 2.31. The number of nitro groups is 1. The predicted octanol–water partition coefficient (Wildman–Crippen LogP) is 0.586. The number of nitro benzene ring substituents is 1. The van der Waals surface area contributed by atoms with Crippen molar-refractivity contribution in [3.63, 3.8) is 0 Å². The predicted molar refractivity (Wildman–Crippen MR) is 75.9 cm³/mol. The summed E-state index contributed by atoms with van der Waals surface area (Å²) in [5.41, 5.74) is -0.470. The molecule has 1 saturated heterocycles. The van der Waals surface area contributed by atoms with E-state index in [0.29, 0.717) is 19.5 Å². The maximum atomic E-state index is 12.6. The molecule has 0 aromatic heterocycles. The van der Waals surface area contributed by atoms with E-state index in [9.17, 15) is 18.5 Å². The number of benzene rings is 1. The lowest BCUT2D eigenvalue weighted by Crippen LogP contribution is -2.33. The summed E-state index contributed by atoms with van der Waals surface area (Å²) in [6, 6.07) is 3.82. The SMILES string of the molecule is CNC1CCN(S(=O)(=O)c2ccc(OC)cc2[N+](=O)[O-])C1. The fourth-order valence-electron chi connectivity index (χ4n) is 2.31. The second kappa shape index (κ2) is 5.96. The quantitative estimate of drug-likeness (QED) is 0.630. The molecule has 2 rings (SSSR count). The molecule has 0 amide bonds. The third-order valence-electron chi connectivity index (χ3n) is 3.54. The first-order valence-corrected chi connectivity index (χ1v) is 7.84. The molecule has 1 unspecified atom stereocenters. The molecule has 1 aromatic rings. The van der Waals surface area contributed by atoms with E-state index in [1.54, 1.807) is 7.05 Å². The van der Waals surface area contributed by atoms with Crippen molar-refractivity contribution in [2.75, 3.05) is 27.2 Å². The number of methoxy groups -OCH3 is 1. The van der Waals surface area contributed by atoms with Gasteiger partial charge >= 0.3 is 0 Å². The highest BCUT2D eigenvalue weighted by molar-refractivity contribution is 7.89. The third kappa shape index (κ3) is 2.99. The minimum absolute atomic E-state index is 0.0667. The number of hydrogen-bond acceptors (Lipinski definition) is 6. The van der Waals surface area contributed by atoms with Gasteiger partial charge in [-0.1, -0.05) is 0 Å². The van der Waals surface area contributed by atoms with Crippen LogP contribution < -0.4 is 10.1 Å². The monoisotopic (exact) mass is 315 g/mol. The number of nitrogens with one attached hydrogen (secondary N) is 1. The van der Waals surface area contributed by atoms with Gasteiger partial charge in [0.1, 0.15) is 5.75 Å². The van der Waals surface area contributed by atoms with Crippen LogP contribution >= 0.6 is 0 Å². The van der Waals surface area contributed by atoms with Crippen LogP contribution in [0.4, 0.5) is 5.69 Å². The van der Waals surface area contributed by atoms with E-state index in [4.69, 9.17) is 4.74 Å². The van der Waals surface area contributed by atoms with Crippen LogP contribution in [0.5, 0.6) is 5.75 Å². The molecule has 1 heterocycles. The normalized spacial score (nSPS) is 19.6. The first-order valence-electron chi connectivity index (χ1n) is 6.40. The standard InChI is InChI=1S/C12H17N3O5S/c1-13-9-5-6-14(8-9)21(18,19)12-4-3-10(20-2)7-11(12)15(16)17/h3-4,7,9,13H,5-6,8H2,1-2H3. The van der Waals surface area contributed by atoms with E-state index in [1.165, 1.54) is 23.5 Å². The molecular formula is C12H17N3O5S. The maximum absolute atomic E-state index is 12.6. The van der Waals surface area contributed by atoms with Crippen molar-refractivity contribution in [2.24, 2.45) is 0 Å². The fourth-order valence-corrected chi connectivity index (χ4v) is 3.94. The second-order valence-corrected chi connectivity index (χ2v) is 6.63. The van der Waals surface area contributed by atoms with Crippen molar-refractivity contribution in [1.29, 1.82) is 0 Å². The van der Waals surface area contributed by atoms with Crippen molar-refractivity contribution >= 4 is 15.7 Å². The van der Waals surface area contributed by atoms with E-state index in [1.807, 2.05) is 0 Å². The van der Waals surface area contributed by atoms with E-state index < -0.39 is 20.6 Å². The molecular weight excluding hydrogens is 298 g/mol. The summed E-state index contributed by atoms with van der Waals surface area (Å²) in [5.74, 6) is 0.246. The number of likely N-dealkylation sites (N-methyl/N-ethyl adjacent to an activating group) is 1. The van der Waals surface area contributed by atoms with Crippen LogP contribution in [0.2, 0.25) is 0 Å². The zero-order chi connectivity index (χ0) is 15.6. The summed E-state index contributed by atoms with van der Waals surface area (Å²) < 4.78 is 31.3. The molecule has 9 heteroatoms. The van der Waals surface area contributed by atoms with Crippen LogP contribution in [-0.2, 0) is 10.0 Å². The Kier molecular flexibility index (Phi) is 4.45. The summed E-state index contributed by atoms with van der Waals surface area (Å²) in [4.78, 5) is 10.1. The van der Waals surface area contributed by atoms with Gasteiger partial charge in [0.25, 0.3) is 5.69 Å². The van der Waals surface area contributed by atoms with Crippen molar-refractivity contribution < 1.29 is 18.1 Å². The number of hydrogen-bond donors (Lipinski definition) is 1. The Morgan fingerprint density at radius 2 is 2.19 bits per heavy atom. The van der Waals surface area contributed by atoms with Gasteiger partial charge in [-0.25, -0.2) is 8.42 Å². The molecule has 0 spiro atoms. The van der Waals surface area contributed by atoms with Crippen LogP contribution in [-0.4, -0.2) is 50.9 Å². The molecule has 0 radical (unpaired) electrons. The molecule has 8 nitrogen and oxygen atoms in total. The zero-order valence-corrected chi connectivity index (χ0v) is 12.6. The first-order chi connectivity index (χ1) is 9.90. The van der Waals surface area contributed by atoms with Gasteiger partial charge in [0.05, 0.1) is 18.1 Å². The highest BCUT2D eigenvalue weighted by Gasteiger charge is 2.36. The molecule has 1 aromatic carbocycles. The summed E-state index contributed by atoms with van der Waals surface area (Å²) in [5, 5.41) is 14.1. The lowest BCUT2D eigenvalue weighted by atomic mass is 10.3. The molecule has 21 heavy (non-hydrogen) atoms. The van der Waals surface area contributed by atoms with Crippen molar-refractivity contribution in [3.05, 3.63) is 28.3 Å². The Balaban J connectivity index is 2.43. The Morgan fingerprint density at radius 3 is 2.71 bits per heavy atom. The van der Waals surface area contributed by atoms with Crippen LogP contribution in [0, 0.1) is 10.1 Å². The largest absolute Gasteiger partial charge is 0.497 e. The summed E-state index contributed by atoms with van der Waals surface area (Å²) in [6.45, 7) is 0.652. The fraction of sp³-hybridized carbons (Fsp3) is 0.500. The Morgan fingerprint density at radius 1 is 1.48 bits per heavy atom. The van der Waals surface area contributed by atoms with Crippen LogP contribution in [0.25, 0.3) is 0 Å². The zero-order valence-electron chi connectivity index (χ0n) is 11.8. The van der Waals surface area contributed by atoms with Crippen LogP contribution in [0.1, 0.15) is 6.42 Å². The maximum Gasteiger partial charge on any atom is 0.293 e. The third-order valence-corrected chi connectivity index (χ3v) is 5.45. The van der Waals surface area contributed by atoms with Gasteiger partial charge in [-0.05, 0) is 25.6 Å². The lowest BCUT2D eigenvalue weighted by molar-refractivity contribution is -0.387. The number of rotatable bonds is 5. The van der Waals surface area contributed by atoms with Gasteiger partial charge in [-0.2, -0.15) is 4.31 Å². The van der Waals surface area contributed by atoms with Crippen molar-refractivity contribution in [1.82, 2.24) is 9.62 Å². The minimum atomic E-state index is -3.89. The highest BCUT2D eigenvalue weighted by atomic mass is 32.2. The molecule has 1 atom stereocenters. The number of ether oxygens (including phenoxy) is 1. The Labute approximate surface area is 122 Å². The van der Waals surface area contributed by atoms with Gasteiger partial charge < -0.3 is 10.1 Å². The van der Waals surface area contributed by atoms with Gasteiger partial charge in [-0.3, -0.25) is 10.1 Å². The molecule has 0 bridgehead atoms. The lowest BCUT2D eigenvalue weighted by Gasteiger charge is -2.16. The summed E-state index contributed by atoms with van der Waals surface area (Å²) in [7, 11) is -0.759. The second-order valence-electron chi connectivity index (χ2n) is 4.73. The van der Waals surface area contributed by atoms with Crippen molar-refractivity contribution in [2.45, 2.75) is 17.4 Å². The first kappa shape index (κ1) is 15.7.